The molecule has 1 aliphatic heterocycles. The molecule has 134 valence electrons. The van der Waals surface area contributed by atoms with Crippen molar-refractivity contribution in [3.8, 4) is 11.3 Å². The van der Waals surface area contributed by atoms with Gasteiger partial charge in [-0.25, -0.2) is 9.97 Å². The summed E-state index contributed by atoms with van der Waals surface area (Å²) in [4.78, 5) is 18.0. The molecule has 0 radical (unpaired) electrons. The third-order valence-corrected chi connectivity index (χ3v) is 5.10. The minimum atomic E-state index is 0.627. The van der Waals surface area contributed by atoms with Crippen molar-refractivity contribution in [3.05, 3.63) is 46.5 Å². The zero-order chi connectivity index (χ0) is 18.1. The van der Waals surface area contributed by atoms with Gasteiger partial charge in [-0.3, -0.25) is 9.67 Å². The van der Waals surface area contributed by atoms with E-state index in [1.807, 2.05) is 25.5 Å². The monoisotopic (exact) mass is 433 g/mol. The summed E-state index contributed by atoms with van der Waals surface area (Å²) in [6.45, 7) is 3.40. The molecule has 0 aromatic carbocycles. The van der Waals surface area contributed by atoms with E-state index >= 15 is 0 Å². The van der Waals surface area contributed by atoms with E-state index in [1.165, 1.54) is 0 Å². The van der Waals surface area contributed by atoms with E-state index in [4.69, 9.17) is 16.6 Å². The quantitative estimate of drug-likeness (QED) is 0.631. The molecule has 0 aliphatic carbocycles. The summed E-state index contributed by atoms with van der Waals surface area (Å²) in [5.41, 5.74) is 1.80. The molecule has 0 atom stereocenters. The van der Waals surface area contributed by atoms with Crippen LogP contribution in [0.25, 0.3) is 11.3 Å². The van der Waals surface area contributed by atoms with Gasteiger partial charge in [-0.05, 0) is 22.0 Å². The number of aromatic nitrogens is 5. The third-order valence-electron chi connectivity index (χ3n) is 4.31. The number of aryl methyl sites for hydroxylation is 1. The molecule has 7 nitrogen and oxygen atoms in total. The highest BCUT2D eigenvalue weighted by Crippen LogP contribution is 2.28. The average Bonchev–Trinajstić information content (AvgIpc) is 3.09. The molecule has 4 rings (SSSR count). The van der Waals surface area contributed by atoms with E-state index < -0.39 is 0 Å². The van der Waals surface area contributed by atoms with Gasteiger partial charge >= 0.3 is 0 Å². The lowest BCUT2D eigenvalue weighted by Crippen LogP contribution is -2.47. The Hall–Kier alpha value is -2.19. The molecule has 0 amide bonds. The molecule has 1 saturated heterocycles. The number of hydrogen-bond donors (Lipinski definition) is 0. The van der Waals surface area contributed by atoms with Crippen LogP contribution in [0.2, 0.25) is 5.02 Å². The Balaban J connectivity index is 1.48. The summed E-state index contributed by atoms with van der Waals surface area (Å²) >= 11 is 9.53. The average molecular weight is 435 g/mol. The van der Waals surface area contributed by atoms with Crippen LogP contribution >= 0.6 is 27.5 Å². The first kappa shape index (κ1) is 17.2. The molecule has 0 bridgehead atoms. The summed E-state index contributed by atoms with van der Waals surface area (Å²) < 4.78 is 2.68. The van der Waals surface area contributed by atoms with Crippen molar-refractivity contribution in [1.82, 2.24) is 24.7 Å². The molecule has 0 N–H and O–H groups in total. The molecule has 4 heterocycles. The van der Waals surface area contributed by atoms with Gasteiger partial charge in [0.1, 0.15) is 11.6 Å². The van der Waals surface area contributed by atoms with Gasteiger partial charge in [-0.15, -0.1) is 0 Å². The number of hydrogen-bond acceptors (Lipinski definition) is 6. The fourth-order valence-corrected chi connectivity index (χ4v) is 3.88. The number of anilines is 2. The van der Waals surface area contributed by atoms with Crippen LogP contribution in [-0.2, 0) is 7.05 Å². The Kier molecular flexibility index (Phi) is 4.78. The molecule has 26 heavy (non-hydrogen) atoms. The number of nitrogens with zero attached hydrogens (tertiary/aromatic N) is 7. The van der Waals surface area contributed by atoms with Crippen LogP contribution < -0.4 is 9.80 Å². The maximum atomic E-state index is 5.99. The van der Waals surface area contributed by atoms with E-state index in [0.29, 0.717) is 5.02 Å². The van der Waals surface area contributed by atoms with Gasteiger partial charge in [-0.1, -0.05) is 11.6 Å². The minimum absolute atomic E-state index is 0.627. The minimum Gasteiger partial charge on any atom is -0.352 e. The van der Waals surface area contributed by atoms with Crippen molar-refractivity contribution in [2.75, 3.05) is 36.0 Å². The second kappa shape index (κ2) is 7.20. The highest BCUT2D eigenvalue weighted by Gasteiger charge is 2.21. The standard InChI is InChI=1S/C17H17BrClN7/c1-24-11-12(7-22-24)15-9-20-10-16(23-15)25-2-4-26(5-3-25)17-14(18)6-13(19)8-21-17/h6-11H,2-5H2,1H3. The van der Waals surface area contributed by atoms with E-state index in [1.54, 1.807) is 23.3 Å². The topological polar surface area (TPSA) is 63.0 Å². The van der Waals surface area contributed by atoms with Crippen molar-refractivity contribution in [1.29, 1.82) is 0 Å². The zero-order valence-electron chi connectivity index (χ0n) is 14.2. The molecule has 9 heteroatoms. The molecule has 0 saturated carbocycles. The summed E-state index contributed by atoms with van der Waals surface area (Å²) in [5.74, 6) is 1.80. The fraction of sp³-hybridized carbons (Fsp3) is 0.294. The maximum absolute atomic E-state index is 5.99. The van der Waals surface area contributed by atoms with E-state index in [2.05, 4.69) is 40.8 Å². The van der Waals surface area contributed by atoms with E-state index in [9.17, 15) is 0 Å². The number of rotatable bonds is 3. The largest absolute Gasteiger partial charge is 0.352 e. The van der Waals surface area contributed by atoms with Gasteiger partial charge in [0.15, 0.2) is 0 Å². The summed E-state index contributed by atoms with van der Waals surface area (Å²) in [5, 5.41) is 4.83. The van der Waals surface area contributed by atoms with Crippen molar-refractivity contribution >= 4 is 39.2 Å². The highest BCUT2D eigenvalue weighted by molar-refractivity contribution is 9.10. The first-order valence-electron chi connectivity index (χ1n) is 8.22. The van der Waals surface area contributed by atoms with Crippen molar-refractivity contribution in [3.63, 3.8) is 0 Å². The summed E-state index contributed by atoms with van der Waals surface area (Å²) in [6, 6.07) is 1.87. The van der Waals surface area contributed by atoms with Gasteiger partial charge < -0.3 is 9.80 Å². The number of halogens is 2. The van der Waals surface area contributed by atoms with Gasteiger partial charge in [-0.2, -0.15) is 5.10 Å². The molecule has 0 unspecified atom stereocenters. The second-order valence-electron chi connectivity index (χ2n) is 6.10. The number of pyridine rings is 1. The Labute approximate surface area is 164 Å². The SMILES string of the molecule is Cn1cc(-c2cncc(N3CCN(c4ncc(Cl)cc4Br)CC3)n2)cn1. The predicted molar refractivity (Wildman–Crippen MR) is 106 cm³/mol. The van der Waals surface area contributed by atoms with Gasteiger partial charge in [0, 0.05) is 51.2 Å². The summed E-state index contributed by atoms with van der Waals surface area (Å²) in [7, 11) is 1.89. The first-order valence-corrected chi connectivity index (χ1v) is 9.39. The maximum Gasteiger partial charge on any atom is 0.147 e. The number of piperazine rings is 1. The Morgan fingerprint density at radius 2 is 1.81 bits per heavy atom. The zero-order valence-corrected chi connectivity index (χ0v) is 16.5. The summed E-state index contributed by atoms with van der Waals surface area (Å²) in [6.07, 6.45) is 9.00. The van der Waals surface area contributed by atoms with Crippen molar-refractivity contribution < 1.29 is 0 Å². The van der Waals surface area contributed by atoms with Crippen LogP contribution in [0.4, 0.5) is 11.6 Å². The van der Waals surface area contributed by atoms with Crippen LogP contribution in [0.1, 0.15) is 0 Å². The van der Waals surface area contributed by atoms with Gasteiger partial charge in [0.05, 0.1) is 33.8 Å². The molecule has 1 fully saturated rings. The Morgan fingerprint density at radius 3 is 2.50 bits per heavy atom. The lowest BCUT2D eigenvalue weighted by atomic mass is 10.2. The van der Waals surface area contributed by atoms with Crippen molar-refractivity contribution in [2.45, 2.75) is 0 Å². The molecule has 1 aliphatic rings. The lowest BCUT2D eigenvalue weighted by molar-refractivity contribution is 0.640. The lowest BCUT2D eigenvalue weighted by Gasteiger charge is -2.36. The Bertz CT molecular complexity index is 921. The van der Waals surface area contributed by atoms with Crippen LogP contribution in [0.3, 0.4) is 0 Å². The normalized spacial score (nSPS) is 14.7. The van der Waals surface area contributed by atoms with Crippen LogP contribution in [0, 0.1) is 0 Å². The Morgan fingerprint density at radius 1 is 1.04 bits per heavy atom. The van der Waals surface area contributed by atoms with Crippen LogP contribution in [0.15, 0.2) is 41.5 Å². The smallest absolute Gasteiger partial charge is 0.147 e. The molecular weight excluding hydrogens is 418 g/mol. The van der Waals surface area contributed by atoms with Crippen LogP contribution in [0.5, 0.6) is 0 Å². The van der Waals surface area contributed by atoms with Gasteiger partial charge in [0.2, 0.25) is 0 Å². The highest BCUT2D eigenvalue weighted by atomic mass is 79.9. The second-order valence-corrected chi connectivity index (χ2v) is 7.39. The van der Waals surface area contributed by atoms with E-state index in [0.717, 1.165) is 53.5 Å². The molecule has 0 spiro atoms. The first-order chi connectivity index (χ1) is 12.6. The van der Waals surface area contributed by atoms with E-state index in [-0.39, 0.29) is 0 Å². The molecule has 3 aromatic rings. The van der Waals surface area contributed by atoms with Crippen LogP contribution in [-0.4, -0.2) is 50.9 Å². The fourth-order valence-electron chi connectivity index (χ4n) is 2.99. The molecule has 3 aromatic heterocycles. The third kappa shape index (κ3) is 3.52. The predicted octanol–water partition coefficient (Wildman–Crippen LogP) is 3.01. The van der Waals surface area contributed by atoms with Crippen molar-refractivity contribution in [2.24, 2.45) is 7.05 Å². The molecular formula is C17H17BrClN7. The van der Waals surface area contributed by atoms with Gasteiger partial charge in [0.25, 0.3) is 0 Å².